The lowest BCUT2D eigenvalue weighted by Gasteiger charge is -2.18. The Kier molecular flexibility index (Phi) is 61.1. The van der Waals surface area contributed by atoms with Crippen molar-refractivity contribution in [2.45, 2.75) is 219 Å². The van der Waals surface area contributed by atoms with Crippen LogP contribution in [0.2, 0.25) is 0 Å². The van der Waals surface area contributed by atoms with Crippen LogP contribution in [0, 0.1) is 0 Å². The van der Waals surface area contributed by atoms with Gasteiger partial charge in [0.05, 0.1) is 0 Å². The first-order chi connectivity index (χ1) is 40.0. The van der Waals surface area contributed by atoms with Crippen molar-refractivity contribution < 1.29 is 28.6 Å². The first-order valence-electron chi connectivity index (χ1n) is 31.2. The van der Waals surface area contributed by atoms with Gasteiger partial charge in [-0.15, -0.1) is 0 Å². The molecule has 81 heavy (non-hydrogen) atoms. The molecule has 0 aromatic carbocycles. The summed E-state index contributed by atoms with van der Waals surface area (Å²) in [5.74, 6) is -1.11. The second-order valence-electron chi connectivity index (χ2n) is 19.5. The molecule has 0 aliphatic rings. The molecule has 1 atom stereocenters. The van der Waals surface area contributed by atoms with E-state index in [-0.39, 0.29) is 50.4 Å². The Labute approximate surface area is 495 Å². The summed E-state index contributed by atoms with van der Waals surface area (Å²) < 4.78 is 16.8. The number of unbranched alkanes of at least 4 members (excludes halogenated alkanes) is 6. The summed E-state index contributed by atoms with van der Waals surface area (Å²) in [5, 5.41) is 0. The van der Waals surface area contributed by atoms with Crippen LogP contribution in [0.15, 0.2) is 219 Å². The zero-order valence-corrected chi connectivity index (χ0v) is 50.9. The van der Waals surface area contributed by atoms with Crippen LogP contribution in [-0.4, -0.2) is 37.2 Å². The van der Waals surface area contributed by atoms with Crippen LogP contribution in [-0.2, 0) is 28.6 Å². The number of hydrogen-bond acceptors (Lipinski definition) is 6. The molecular weight excluding hydrogens is 997 g/mol. The lowest BCUT2D eigenvalue weighted by molar-refractivity contribution is -0.166. The summed E-state index contributed by atoms with van der Waals surface area (Å²) >= 11 is 0. The Morgan fingerprint density at radius 1 is 0.247 bits per heavy atom. The molecule has 0 spiro atoms. The molecule has 6 heteroatoms. The van der Waals surface area contributed by atoms with Crippen LogP contribution >= 0.6 is 0 Å². The monoisotopic (exact) mass is 1110 g/mol. The van der Waals surface area contributed by atoms with Crippen LogP contribution < -0.4 is 0 Å². The van der Waals surface area contributed by atoms with Crippen molar-refractivity contribution in [2.24, 2.45) is 0 Å². The number of allylic oxidation sites excluding steroid dienone is 36. The standard InChI is InChI=1S/C75H110O6/c1-4-7-10-13-16-19-22-25-27-29-31-33-35-37-39-41-43-45-47-50-53-56-59-62-65-68-74(77)80-71-72(70-79-73(76)67-64-61-58-55-52-49-24-21-18-15-12-9-6-3)81-75(78)69-66-63-60-57-54-51-48-46-44-42-40-38-36-34-32-30-28-26-23-20-17-14-11-8-5-2/h7-12,16-21,25-28,31-34,37-40,43-46,49-54,58,61,72H,4-6,13-15,22-24,29-30,35-36,41-42,47-48,55-57,59-60,62-71H2,1-3H3/b10-7-,11-8-,12-9-,19-16-,20-17-,21-18-,27-25-,28-26-,33-31-,34-32-,39-37-,40-38-,45-43-,46-44-,52-49-,53-50-,54-51-,61-58-. The van der Waals surface area contributed by atoms with Gasteiger partial charge in [-0.25, -0.2) is 0 Å². The summed E-state index contributed by atoms with van der Waals surface area (Å²) in [7, 11) is 0. The summed E-state index contributed by atoms with van der Waals surface area (Å²) in [6, 6.07) is 0. The van der Waals surface area contributed by atoms with Crippen LogP contribution in [0.1, 0.15) is 213 Å². The molecule has 0 heterocycles. The fraction of sp³-hybridized carbons (Fsp3) is 0.480. The molecule has 0 saturated carbocycles. The highest BCUT2D eigenvalue weighted by atomic mass is 16.6. The summed E-state index contributed by atoms with van der Waals surface area (Å²) in [5.41, 5.74) is 0. The van der Waals surface area contributed by atoms with Gasteiger partial charge in [-0.3, -0.25) is 14.4 Å². The van der Waals surface area contributed by atoms with Crippen molar-refractivity contribution in [1.29, 1.82) is 0 Å². The van der Waals surface area contributed by atoms with Crippen molar-refractivity contribution in [2.75, 3.05) is 13.2 Å². The normalized spacial score (nSPS) is 13.7. The second kappa shape index (κ2) is 66.2. The van der Waals surface area contributed by atoms with E-state index in [1.54, 1.807) is 0 Å². The highest BCUT2D eigenvalue weighted by Crippen LogP contribution is 2.11. The molecular formula is C75H110O6. The van der Waals surface area contributed by atoms with E-state index >= 15 is 0 Å². The number of hydrogen-bond donors (Lipinski definition) is 0. The van der Waals surface area contributed by atoms with E-state index in [1.165, 1.54) is 0 Å². The van der Waals surface area contributed by atoms with Crippen LogP contribution in [0.3, 0.4) is 0 Å². The molecule has 0 amide bonds. The third-order valence-corrected chi connectivity index (χ3v) is 12.0. The van der Waals surface area contributed by atoms with Crippen molar-refractivity contribution in [3.05, 3.63) is 219 Å². The van der Waals surface area contributed by atoms with Crippen molar-refractivity contribution in [3.63, 3.8) is 0 Å². The predicted octanol–water partition coefficient (Wildman–Crippen LogP) is 21.8. The first kappa shape index (κ1) is 74.7. The van der Waals surface area contributed by atoms with E-state index in [9.17, 15) is 14.4 Å². The molecule has 0 aliphatic heterocycles. The fourth-order valence-corrected chi connectivity index (χ4v) is 7.41. The second-order valence-corrected chi connectivity index (χ2v) is 19.5. The van der Waals surface area contributed by atoms with Gasteiger partial charge in [-0.05, 0) is 161 Å². The van der Waals surface area contributed by atoms with Crippen LogP contribution in [0.5, 0.6) is 0 Å². The lowest BCUT2D eigenvalue weighted by atomic mass is 10.1. The number of carbonyl (C=O) groups is 3. The third kappa shape index (κ3) is 64.4. The van der Waals surface area contributed by atoms with Gasteiger partial charge in [0, 0.05) is 19.3 Å². The van der Waals surface area contributed by atoms with Crippen molar-refractivity contribution in [3.8, 4) is 0 Å². The maximum atomic E-state index is 12.9. The zero-order chi connectivity index (χ0) is 58.5. The summed E-state index contributed by atoms with van der Waals surface area (Å²) in [4.78, 5) is 38.2. The highest BCUT2D eigenvalue weighted by molar-refractivity contribution is 5.71. The molecule has 0 N–H and O–H groups in total. The molecule has 446 valence electrons. The van der Waals surface area contributed by atoms with Crippen molar-refractivity contribution in [1.82, 2.24) is 0 Å². The molecule has 0 radical (unpaired) electrons. The largest absolute Gasteiger partial charge is 0.462 e. The SMILES string of the molecule is CC/C=C\C/C=C\C/C=C\C/C=C\C/C=C\C/C=C\C/C=C\CCCCCC(=O)OCC(COC(=O)CC/C=C\C/C=C\C/C=C\C/C=C\CC)OC(=O)CCCCC/C=C\C/C=C\C/C=C\C/C=C\C/C=C\C/C=C\C/C=C\CC. The summed E-state index contributed by atoms with van der Waals surface area (Å²) in [6.45, 7) is 6.14. The number of rotatable bonds is 53. The molecule has 1 unspecified atom stereocenters. The van der Waals surface area contributed by atoms with E-state index in [0.717, 1.165) is 154 Å². The topological polar surface area (TPSA) is 78.9 Å². The molecule has 0 bridgehead atoms. The Morgan fingerprint density at radius 2 is 0.469 bits per heavy atom. The van der Waals surface area contributed by atoms with E-state index in [1.807, 2.05) is 12.2 Å². The zero-order valence-electron chi connectivity index (χ0n) is 50.9. The summed E-state index contributed by atoms with van der Waals surface area (Å²) in [6.07, 6.45) is 104. The third-order valence-electron chi connectivity index (χ3n) is 12.0. The molecule has 0 aromatic rings. The smallest absolute Gasteiger partial charge is 0.306 e. The van der Waals surface area contributed by atoms with E-state index in [2.05, 4.69) is 227 Å². The van der Waals surface area contributed by atoms with Crippen LogP contribution in [0.4, 0.5) is 0 Å². The predicted molar refractivity (Wildman–Crippen MR) is 352 cm³/mol. The first-order valence-corrected chi connectivity index (χ1v) is 31.2. The van der Waals surface area contributed by atoms with Gasteiger partial charge >= 0.3 is 17.9 Å². The fourth-order valence-electron chi connectivity index (χ4n) is 7.41. The number of esters is 3. The Balaban J connectivity index is 4.59. The van der Waals surface area contributed by atoms with E-state index in [4.69, 9.17) is 14.2 Å². The molecule has 0 aliphatic carbocycles. The van der Waals surface area contributed by atoms with Gasteiger partial charge in [-0.2, -0.15) is 0 Å². The Bertz CT molecular complexity index is 2050. The van der Waals surface area contributed by atoms with Crippen molar-refractivity contribution >= 4 is 17.9 Å². The Hall–Kier alpha value is -6.27. The van der Waals surface area contributed by atoms with Gasteiger partial charge in [0.15, 0.2) is 6.10 Å². The van der Waals surface area contributed by atoms with Gasteiger partial charge in [0.2, 0.25) is 0 Å². The van der Waals surface area contributed by atoms with Gasteiger partial charge in [0.25, 0.3) is 0 Å². The Morgan fingerprint density at radius 3 is 0.741 bits per heavy atom. The lowest BCUT2D eigenvalue weighted by Crippen LogP contribution is -2.30. The quantitative estimate of drug-likeness (QED) is 0.0261. The maximum Gasteiger partial charge on any atom is 0.306 e. The van der Waals surface area contributed by atoms with E-state index < -0.39 is 6.10 Å². The number of carbonyl (C=O) groups excluding carboxylic acids is 3. The van der Waals surface area contributed by atoms with E-state index in [0.29, 0.717) is 19.3 Å². The highest BCUT2D eigenvalue weighted by Gasteiger charge is 2.19. The number of ether oxygens (including phenoxy) is 3. The molecule has 6 nitrogen and oxygen atoms in total. The van der Waals surface area contributed by atoms with Gasteiger partial charge in [-0.1, -0.05) is 252 Å². The van der Waals surface area contributed by atoms with Gasteiger partial charge < -0.3 is 14.2 Å². The molecule has 0 fully saturated rings. The van der Waals surface area contributed by atoms with Gasteiger partial charge in [0.1, 0.15) is 13.2 Å². The van der Waals surface area contributed by atoms with Crippen LogP contribution in [0.25, 0.3) is 0 Å². The minimum Gasteiger partial charge on any atom is -0.462 e. The maximum absolute atomic E-state index is 12.9. The minimum absolute atomic E-state index is 0.145. The molecule has 0 aromatic heterocycles. The minimum atomic E-state index is -0.856. The molecule has 0 saturated heterocycles. The average Bonchev–Trinajstić information content (AvgIpc) is 3.46. The average molecular weight is 1110 g/mol. The molecule has 0 rings (SSSR count).